The molecule has 1 heterocycles. The Bertz CT molecular complexity index is 604. The van der Waals surface area contributed by atoms with Crippen LogP contribution in [0, 0.1) is 5.21 Å². The average molecular weight is 268 g/mol. The van der Waals surface area contributed by atoms with E-state index in [1.165, 1.54) is 12.4 Å². The van der Waals surface area contributed by atoms with Crippen molar-refractivity contribution in [1.82, 2.24) is 5.32 Å². The number of rotatable bonds is 3. The minimum absolute atomic E-state index is 0.130. The second-order valence-corrected chi connectivity index (χ2v) is 5.20. The Kier molecular flexibility index (Phi) is 3.14. The van der Waals surface area contributed by atoms with Crippen LogP contribution in [0.1, 0.15) is 35.2 Å². The maximum atomic E-state index is 12.3. The molecule has 4 heteroatoms. The zero-order valence-corrected chi connectivity index (χ0v) is 11.1. The van der Waals surface area contributed by atoms with E-state index in [4.69, 9.17) is 0 Å². The lowest BCUT2D eigenvalue weighted by Gasteiger charge is -2.43. The lowest BCUT2D eigenvalue weighted by atomic mass is 9.71. The highest BCUT2D eigenvalue weighted by molar-refractivity contribution is 5.94. The Morgan fingerprint density at radius 2 is 1.75 bits per heavy atom. The van der Waals surface area contributed by atoms with E-state index < -0.39 is 0 Å². The van der Waals surface area contributed by atoms with Gasteiger partial charge in [0.1, 0.15) is 0 Å². The molecule has 1 fully saturated rings. The van der Waals surface area contributed by atoms with E-state index in [9.17, 15) is 10.0 Å². The third-order valence-corrected chi connectivity index (χ3v) is 3.95. The summed E-state index contributed by atoms with van der Waals surface area (Å²) in [6, 6.07) is 13.1. The Labute approximate surface area is 117 Å². The largest absolute Gasteiger partial charge is 0.619 e. The smallest absolute Gasteiger partial charge is 0.252 e. The maximum Gasteiger partial charge on any atom is 0.252 e. The van der Waals surface area contributed by atoms with E-state index in [1.54, 1.807) is 12.1 Å². The van der Waals surface area contributed by atoms with Gasteiger partial charge in [-0.05, 0) is 24.8 Å². The molecule has 0 unspecified atom stereocenters. The minimum Gasteiger partial charge on any atom is -0.619 e. The zero-order valence-electron chi connectivity index (χ0n) is 11.1. The van der Waals surface area contributed by atoms with Gasteiger partial charge in [-0.3, -0.25) is 4.79 Å². The van der Waals surface area contributed by atoms with Crippen molar-refractivity contribution in [3.8, 4) is 0 Å². The van der Waals surface area contributed by atoms with Gasteiger partial charge >= 0.3 is 0 Å². The number of pyridine rings is 1. The summed E-state index contributed by atoms with van der Waals surface area (Å²) in [6.07, 6.45) is 5.70. The summed E-state index contributed by atoms with van der Waals surface area (Å²) in [5.74, 6) is -0.130. The molecule has 1 aromatic heterocycles. The SMILES string of the molecule is O=C(NC1(c2ccccc2)CCC1)c1cc[n+]([O-])cc1. The zero-order chi connectivity index (χ0) is 14.0. The second-order valence-electron chi connectivity index (χ2n) is 5.20. The molecule has 2 aromatic rings. The van der Waals surface area contributed by atoms with Crippen LogP contribution in [0.2, 0.25) is 0 Å². The summed E-state index contributed by atoms with van der Waals surface area (Å²) in [4.78, 5) is 12.3. The number of nitrogens with zero attached hydrogens (tertiary/aromatic N) is 1. The van der Waals surface area contributed by atoms with Crippen molar-refractivity contribution in [2.45, 2.75) is 24.8 Å². The molecular weight excluding hydrogens is 252 g/mol. The third-order valence-electron chi connectivity index (χ3n) is 3.95. The summed E-state index contributed by atoms with van der Waals surface area (Å²) in [5.41, 5.74) is 1.41. The van der Waals surface area contributed by atoms with Gasteiger partial charge in [0.25, 0.3) is 5.91 Å². The normalized spacial score (nSPS) is 16.2. The van der Waals surface area contributed by atoms with Gasteiger partial charge in [-0.2, -0.15) is 4.73 Å². The summed E-state index contributed by atoms with van der Waals surface area (Å²) >= 11 is 0. The molecule has 0 aliphatic heterocycles. The van der Waals surface area contributed by atoms with Crippen molar-refractivity contribution >= 4 is 5.91 Å². The molecule has 3 rings (SSSR count). The van der Waals surface area contributed by atoms with Gasteiger partial charge in [0, 0.05) is 12.1 Å². The Balaban J connectivity index is 1.82. The van der Waals surface area contributed by atoms with E-state index >= 15 is 0 Å². The molecule has 0 atom stereocenters. The van der Waals surface area contributed by atoms with Crippen LogP contribution in [0.25, 0.3) is 0 Å². The van der Waals surface area contributed by atoms with Crippen LogP contribution in [0.3, 0.4) is 0 Å². The van der Waals surface area contributed by atoms with Crippen molar-refractivity contribution < 1.29 is 9.52 Å². The number of carbonyl (C=O) groups is 1. The fraction of sp³-hybridized carbons (Fsp3) is 0.250. The highest BCUT2D eigenvalue weighted by atomic mass is 16.5. The van der Waals surface area contributed by atoms with Crippen LogP contribution in [-0.4, -0.2) is 5.91 Å². The first-order valence-corrected chi connectivity index (χ1v) is 6.76. The van der Waals surface area contributed by atoms with Gasteiger partial charge < -0.3 is 10.5 Å². The van der Waals surface area contributed by atoms with Gasteiger partial charge in [-0.15, -0.1) is 0 Å². The Morgan fingerprint density at radius 3 is 2.30 bits per heavy atom. The number of aromatic nitrogens is 1. The van der Waals surface area contributed by atoms with Gasteiger partial charge in [-0.25, -0.2) is 0 Å². The topological polar surface area (TPSA) is 56.0 Å². The summed E-state index contributed by atoms with van der Waals surface area (Å²) < 4.78 is 0.674. The van der Waals surface area contributed by atoms with Crippen LogP contribution in [0.4, 0.5) is 0 Å². The highest BCUT2D eigenvalue weighted by Gasteiger charge is 2.40. The van der Waals surface area contributed by atoms with Gasteiger partial charge in [0.2, 0.25) is 0 Å². The molecule has 1 saturated carbocycles. The van der Waals surface area contributed by atoms with Crippen LogP contribution in [0.15, 0.2) is 54.9 Å². The summed E-state index contributed by atoms with van der Waals surface area (Å²) in [7, 11) is 0. The van der Waals surface area contributed by atoms with Crippen molar-refractivity contribution in [2.24, 2.45) is 0 Å². The molecule has 102 valence electrons. The quantitative estimate of drug-likeness (QED) is 0.685. The van der Waals surface area contributed by atoms with Crippen LogP contribution >= 0.6 is 0 Å². The fourth-order valence-corrected chi connectivity index (χ4v) is 2.63. The fourth-order valence-electron chi connectivity index (χ4n) is 2.63. The lowest BCUT2D eigenvalue weighted by molar-refractivity contribution is -0.605. The van der Waals surface area contributed by atoms with E-state index in [0.29, 0.717) is 10.3 Å². The van der Waals surface area contributed by atoms with Gasteiger partial charge in [-0.1, -0.05) is 30.3 Å². The number of amides is 1. The van der Waals surface area contributed by atoms with Crippen molar-refractivity contribution in [2.75, 3.05) is 0 Å². The molecule has 20 heavy (non-hydrogen) atoms. The van der Waals surface area contributed by atoms with Crippen molar-refractivity contribution in [1.29, 1.82) is 0 Å². The molecule has 4 nitrogen and oxygen atoms in total. The highest BCUT2D eigenvalue weighted by Crippen LogP contribution is 2.41. The van der Waals surface area contributed by atoms with Crippen molar-refractivity contribution in [3.63, 3.8) is 0 Å². The molecule has 1 aromatic carbocycles. The summed E-state index contributed by atoms with van der Waals surface area (Å²) in [5, 5.41) is 14.1. The van der Waals surface area contributed by atoms with Crippen LogP contribution in [-0.2, 0) is 5.54 Å². The molecule has 0 bridgehead atoms. The molecule has 1 aliphatic carbocycles. The van der Waals surface area contributed by atoms with E-state index in [1.807, 2.05) is 18.2 Å². The Morgan fingerprint density at radius 1 is 1.10 bits per heavy atom. The van der Waals surface area contributed by atoms with E-state index in [-0.39, 0.29) is 11.4 Å². The van der Waals surface area contributed by atoms with Crippen LogP contribution < -0.4 is 10.0 Å². The van der Waals surface area contributed by atoms with Crippen molar-refractivity contribution in [3.05, 3.63) is 71.2 Å². The Hall–Kier alpha value is -2.36. The molecule has 1 N–H and O–H groups in total. The number of carbonyl (C=O) groups excluding carboxylic acids is 1. The molecule has 0 saturated heterocycles. The summed E-state index contributed by atoms with van der Waals surface area (Å²) in [6.45, 7) is 0. The van der Waals surface area contributed by atoms with Gasteiger partial charge in [0.05, 0.1) is 11.1 Å². The molecule has 0 spiro atoms. The predicted octanol–water partition coefficient (Wildman–Crippen LogP) is 2.13. The molecule has 1 amide bonds. The lowest BCUT2D eigenvalue weighted by Crippen LogP contribution is -2.50. The molecule has 0 radical (unpaired) electrons. The molecule has 1 aliphatic rings. The number of nitrogens with one attached hydrogen (secondary N) is 1. The first-order chi connectivity index (χ1) is 9.70. The monoisotopic (exact) mass is 268 g/mol. The molecular formula is C16H16N2O2. The van der Waals surface area contributed by atoms with E-state index in [2.05, 4.69) is 17.4 Å². The maximum absolute atomic E-state index is 12.3. The number of benzene rings is 1. The standard InChI is InChI=1S/C16H16N2O2/c19-15(13-7-11-18(20)12-8-13)17-16(9-4-10-16)14-5-2-1-3-6-14/h1-3,5-8,11-12H,4,9-10H2,(H,17,19). The van der Waals surface area contributed by atoms with E-state index in [0.717, 1.165) is 24.8 Å². The first kappa shape index (κ1) is 12.7. The average Bonchev–Trinajstić information content (AvgIpc) is 2.44. The minimum atomic E-state index is -0.248. The predicted molar refractivity (Wildman–Crippen MR) is 74.8 cm³/mol. The van der Waals surface area contributed by atoms with Crippen LogP contribution in [0.5, 0.6) is 0 Å². The number of hydrogen-bond donors (Lipinski definition) is 1. The van der Waals surface area contributed by atoms with Gasteiger partial charge in [0.15, 0.2) is 12.4 Å². The second kappa shape index (κ2) is 4.96. The first-order valence-electron chi connectivity index (χ1n) is 6.76. The number of hydrogen-bond acceptors (Lipinski definition) is 2. The third kappa shape index (κ3) is 2.25.